The maximum absolute atomic E-state index is 12.2. The van der Waals surface area contributed by atoms with Crippen LogP contribution in [-0.2, 0) is 9.53 Å². The largest absolute Gasteiger partial charge is 0.364 e. The highest BCUT2D eigenvalue weighted by Crippen LogP contribution is 2.26. The Morgan fingerprint density at radius 1 is 1.50 bits per heavy atom. The van der Waals surface area contributed by atoms with E-state index in [2.05, 4.69) is 15.2 Å². The van der Waals surface area contributed by atoms with Crippen LogP contribution in [0.4, 0.5) is 5.82 Å². The lowest BCUT2D eigenvalue weighted by atomic mass is 10.1. The monoisotopic (exact) mass is 324 g/mol. The lowest BCUT2D eigenvalue weighted by molar-refractivity contribution is -0.132. The van der Waals surface area contributed by atoms with Crippen molar-refractivity contribution in [2.75, 3.05) is 24.5 Å². The Hall–Kier alpha value is -1.37. The van der Waals surface area contributed by atoms with E-state index in [0.29, 0.717) is 11.6 Å². The van der Waals surface area contributed by atoms with Gasteiger partial charge in [-0.2, -0.15) is 0 Å². The van der Waals surface area contributed by atoms with Crippen molar-refractivity contribution in [3.05, 3.63) is 23.4 Å². The number of hydrogen-bond acceptors (Lipinski definition) is 5. The van der Waals surface area contributed by atoms with Crippen LogP contribution in [0.1, 0.15) is 19.3 Å². The normalized spacial score (nSPS) is 28.1. The van der Waals surface area contributed by atoms with Crippen LogP contribution < -0.4 is 16.0 Å². The molecule has 0 bridgehead atoms. The Morgan fingerprint density at radius 3 is 3.09 bits per heavy atom. The summed E-state index contributed by atoms with van der Waals surface area (Å²) in [6.45, 7) is 2.02. The molecule has 2 aliphatic heterocycles. The second-order valence-electron chi connectivity index (χ2n) is 5.81. The van der Waals surface area contributed by atoms with Gasteiger partial charge >= 0.3 is 0 Å². The quantitative estimate of drug-likeness (QED) is 0.861. The van der Waals surface area contributed by atoms with Crippen LogP contribution in [0.3, 0.4) is 0 Å². The van der Waals surface area contributed by atoms with Gasteiger partial charge in [-0.05, 0) is 31.4 Å². The van der Waals surface area contributed by atoms with E-state index in [1.54, 1.807) is 6.20 Å². The summed E-state index contributed by atoms with van der Waals surface area (Å²) >= 11 is 6.17. The number of hydrogen-bond donors (Lipinski definition) is 2. The van der Waals surface area contributed by atoms with Gasteiger partial charge in [-0.25, -0.2) is 4.98 Å². The van der Waals surface area contributed by atoms with Gasteiger partial charge in [0.05, 0.1) is 11.1 Å². The van der Waals surface area contributed by atoms with Gasteiger partial charge in [0, 0.05) is 31.9 Å². The van der Waals surface area contributed by atoms with Crippen molar-refractivity contribution in [2.45, 2.75) is 37.5 Å². The summed E-state index contributed by atoms with van der Waals surface area (Å²) in [6, 6.07) is 3.74. The third-order valence-electron chi connectivity index (χ3n) is 4.24. The zero-order valence-corrected chi connectivity index (χ0v) is 13.1. The number of aromatic nitrogens is 1. The maximum Gasteiger partial charge on any atom is 0.249 e. The molecule has 1 aromatic rings. The fourth-order valence-electron chi connectivity index (χ4n) is 3.05. The number of carbonyl (C=O) groups excluding carboxylic acids is 1. The fraction of sp³-hybridized carbons (Fsp3) is 0.600. The van der Waals surface area contributed by atoms with Gasteiger partial charge < -0.3 is 20.7 Å². The second-order valence-corrected chi connectivity index (χ2v) is 6.22. The van der Waals surface area contributed by atoms with Crippen molar-refractivity contribution in [1.29, 1.82) is 0 Å². The highest BCUT2D eigenvalue weighted by atomic mass is 35.5. The Bertz CT molecular complexity index is 542. The Morgan fingerprint density at radius 2 is 2.36 bits per heavy atom. The molecule has 2 saturated heterocycles. The molecule has 120 valence electrons. The van der Waals surface area contributed by atoms with Crippen molar-refractivity contribution in [3.8, 4) is 0 Å². The average Bonchev–Trinajstić information content (AvgIpc) is 3.16. The summed E-state index contributed by atoms with van der Waals surface area (Å²) in [6.07, 6.45) is 3.87. The molecule has 1 unspecified atom stereocenters. The molecule has 3 rings (SSSR count). The van der Waals surface area contributed by atoms with E-state index in [9.17, 15) is 4.79 Å². The number of nitrogens with zero attached hydrogens (tertiary/aromatic N) is 2. The molecule has 22 heavy (non-hydrogen) atoms. The highest BCUT2D eigenvalue weighted by Gasteiger charge is 2.33. The molecule has 2 aliphatic rings. The molecule has 3 heterocycles. The van der Waals surface area contributed by atoms with Crippen LogP contribution in [0, 0.1) is 0 Å². The van der Waals surface area contributed by atoms with E-state index in [-0.39, 0.29) is 24.2 Å². The second kappa shape index (κ2) is 6.81. The highest BCUT2D eigenvalue weighted by molar-refractivity contribution is 6.32. The van der Waals surface area contributed by atoms with Crippen LogP contribution in [0.5, 0.6) is 0 Å². The first-order valence-corrected chi connectivity index (χ1v) is 8.06. The van der Waals surface area contributed by atoms with Crippen molar-refractivity contribution in [2.24, 2.45) is 5.73 Å². The van der Waals surface area contributed by atoms with Crippen LogP contribution in [0.15, 0.2) is 18.3 Å². The minimum atomic E-state index is -0.360. The maximum atomic E-state index is 12.2. The molecule has 6 nitrogen and oxygen atoms in total. The molecular weight excluding hydrogens is 304 g/mol. The summed E-state index contributed by atoms with van der Waals surface area (Å²) in [5.41, 5.74) is 5.57. The molecule has 0 aliphatic carbocycles. The number of pyridine rings is 1. The van der Waals surface area contributed by atoms with E-state index in [1.165, 1.54) is 0 Å². The Labute approximate surface area is 135 Å². The molecule has 3 N–H and O–H groups in total. The molecule has 0 radical (unpaired) electrons. The number of anilines is 1. The zero-order valence-electron chi connectivity index (χ0n) is 12.4. The van der Waals surface area contributed by atoms with Gasteiger partial charge in [0.2, 0.25) is 5.91 Å². The molecule has 1 aromatic heterocycles. The number of amides is 1. The predicted octanol–water partition coefficient (Wildman–Crippen LogP) is 0.936. The van der Waals surface area contributed by atoms with Gasteiger partial charge in [0.1, 0.15) is 11.9 Å². The zero-order chi connectivity index (χ0) is 15.5. The van der Waals surface area contributed by atoms with E-state index in [0.717, 1.165) is 38.2 Å². The number of ether oxygens (including phenoxy) is 1. The Kier molecular flexibility index (Phi) is 4.81. The van der Waals surface area contributed by atoms with Gasteiger partial charge in [0.25, 0.3) is 0 Å². The number of carbonyl (C=O) groups is 1. The van der Waals surface area contributed by atoms with Crippen molar-refractivity contribution in [1.82, 2.24) is 10.3 Å². The standard InChI is InChI=1S/C15H21ClN4O2/c16-12-2-1-6-18-14(12)20-7-5-10(9-20)19-15(21)13-4-3-11(8-17)22-13/h1-2,6,10-11,13H,3-5,7-9,17H2,(H,19,21)/t10?,11-,13+/m1/s1. The third-order valence-corrected chi connectivity index (χ3v) is 4.53. The molecular formula is C15H21ClN4O2. The lowest BCUT2D eigenvalue weighted by Gasteiger charge is -2.20. The predicted molar refractivity (Wildman–Crippen MR) is 85.0 cm³/mol. The molecule has 0 saturated carbocycles. The third kappa shape index (κ3) is 3.34. The van der Waals surface area contributed by atoms with Crippen LogP contribution in [0.2, 0.25) is 5.02 Å². The first kappa shape index (κ1) is 15.5. The summed E-state index contributed by atoms with van der Waals surface area (Å²) in [5, 5.41) is 3.71. The molecule has 2 fully saturated rings. The number of halogens is 1. The van der Waals surface area contributed by atoms with Crippen molar-refractivity contribution in [3.63, 3.8) is 0 Å². The van der Waals surface area contributed by atoms with E-state index in [1.807, 2.05) is 12.1 Å². The fourth-order valence-corrected chi connectivity index (χ4v) is 3.29. The summed E-state index contributed by atoms with van der Waals surface area (Å²) in [5.74, 6) is 0.746. The number of nitrogens with two attached hydrogens (primary N) is 1. The number of rotatable bonds is 4. The first-order chi connectivity index (χ1) is 10.7. The number of nitrogens with one attached hydrogen (secondary N) is 1. The lowest BCUT2D eigenvalue weighted by Crippen LogP contribution is -2.43. The van der Waals surface area contributed by atoms with E-state index >= 15 is 0 Å². The van der Waals surface area contributed by atoms with Crippen LogP contribution >= 0.6 is 11.6 Å². The SMILES string of the molecule is NC[C@H]1CC[C@@H](C(=O)NC2CCN(c3ncccc3Cl)C2)O1. The van der Waals surface area contributed by atoms with Gasteiger partial charge in [-0.15, -0.1) is 0 Å². The van der Waals surface area contributed by atoms with Crippen molar-refractivity contribution >= 4 is 23.3 Å². The average molecular weight is 325 g/mol. The minimum Gasteiger partial charge on any atom is -0.364 e. The minimum absolute atomic E-state index is 0.0168. The van der Waals surface area contributed by atoms with Crippen molar-refractivity contribution < 1.29 is 9.53 Å². The molecule has 1 amide bonds. The topological polar surface area (TPSA) is 80.5 Å². The Balaban J connectivity index is 1.53. The summed E-state index contributed by atoms with van der Waals surface area (Å²) < 4.78 is 5.63. The molecule has 0 aromatic carbocycles. The van der Waals surface area contributed by atoms with Gasteiger partial charge in [0.15, 0.2) is 0 Å². The van der Waals surface area contributed by atoms with Crippen LogP contribution in [0.25, 0.3) is 0 Å². The molecule has 7 heteroatoms. The first-order valence-electron chi connectivity index (χ1n) is 7.68. The summed E-state index contributed by atoms with van der Waals surface area (Å²) in [7, 11) is 0. The molecule has 0 spiro atoms. The van der Waals surface area contributed by atoms with Gasteiger partial charge in [-0.3, -0.25) is 4.79 Å². The van der Waals surface area contributed by atoms with E-state index < -0.39 is 0 Å². The summed E-state index contributed by atoms with van der Waals surface area (Å²) in [4.78, 5) is 18.7. The molecule has 3 atom stereocenters. The smallest absolute Gasteiger partial charge is 0.249 e. The van der Waals surface area contributed by atoms with E-state index in [4.69, 9.17) is 22.1 Å². The van der Waals surface area contributed by atoms with Crippen LogP contribution in [-0.4, -0.2) is 48.8 Å². The van der Waals surface area contributed by atoms with Gasteiger partial charge in [-0.1, -0.05) is 11.6 Å².